The van der Waals surface area contributed by atoms with Crippen LogP contribution in [0.4, 0.5) is 5.00 Å². The first-order valence-corrected chi connectivity index (χ1v) is 8.97. The van der Waals surface area contributed by atoms with Gasteiger partial charge >= 0.3 is 0 Å². The number of rotatable bonds is 1. The first kappa shape index (κ1) is 14.9. The van der Waals surface area contributed by atoms with Crippen LogP contribution in [0, 0.1) is 13.8 Å². The van der Waals surface area contributed by atoms with E-state index in [1.54, 1.807) is 11.3 Å². The third kappa shape index (κ3) is 2.24. The van der Waals surface area contributed by atoms with Crippen LogP contribution in [0.3, 0.4) is 0 Å². The number of carbonyl (C=O) groups excluding carboxylic acids is 1. The maximum atomic E-state index is 12.7. The van der Waals surface area contributed by atoms with E-state index in [-0.39, 0.29) is 5.91 Å². The molecule has 4 rings (SSSR count). The topological polar surface area (TPSA) is 41.5 Å². The fourth-order valence-corrected chi connectivity index (χ4v) is 4.39. The highest BCUT2D eigenvalue weighted by atomic mass is 35.5. The van der Waals surface area contributed by atoms with Gasteiger partial charge in [0.1, 0.15) is 10.5 Å². The summed E-state index contributed by atoms with van der Waals surface area (Å²) < 4.78 is 0. The Hall–Kier alpha value is -1.65. The molecule has 1 fully saturated rings. The number of halogens is 1. The molecule has 1 spiro atoms. The van der Waals surface area contributed by atoms with E-state index in [4.69, 9.17) is 16.6 Å². The molecule has 5 heteroatoms. The Morgan fingerprint density at radius 2 is 1.91 bits per heavy atom. The molecule has 1 N–H and O–H groups in total. The maximum Gasteiger partial charge on any atom is 0.252 e. The highest BCUT2D eigenvalue weighted by Gasteiger charge is 2.46. The average molecular weight is 345 g/mol. The molecule has 2 aromatic rings. The summed E-state index contributed by atoms with van der Waals surface area (Å²) in [6.07, 6.45) is 2.70. The number of thiophene rings is 1. The van der Waals surface area contributed by atoms with Gasteiger partial charge in [0.2, 0.25) is 0 Å². The van der Waals surface area contributed by atoms with Crippen LogP contribution in [0.5, 0.6) is 0 Å². The van der Waals surface area contributed by atoms with Crippen LogP contribution in [0.1, 0.15) is 40.8 Å². The lowest BCUT2D eigenvalue weighted by molar-refractivity contribution is -0.123. The van der Waals surface area contributed by atoms with Gasteiger partial charge < -0.3 is 5.32 Å². The molecule has 118 valence electrons. The summed E-state index contributed by atoms with van der Waals surface area (Å²) in [5.74, 6) is 0.0372. The molecule has 1 amide bonds. The lowest BCUT2D eigenvalue weighted by Gasteiger charge is -2.35. The number of fused-ring (bicyclic) bond motifs is 1. The molecule has 1 aliphatic heterocycles. The summed E-state index contributed by atoms with van der Waals surface area (Å²) in [4.78, 5) is 18.9. The Balaban J connectivity index is 1.96. The molecule has 0 saturated heterocycles. The van der Waals surface area contributed by atoms with Gasteiger partial charge in [-0.25, -0.2) is 0 Å². The molecular formula is C18H17ClN2OS. The highest BCUT2D eigenvalue weighted by Crippen LogP contribution is 2.44. The van der Waals surface area contributed by atoms with Crippen molar-refractivity contribution in [2.75, 3.05) is 5.32 Å². The van der Waals surface area contributed by atoms with Crippen molar-refractivity contribution in [3.8, 4) is 0 Å². The summed E-state index contributed by atoms with van der Waals surface area (Å²) in [6.45, 7) is 4.18. The molecular weight excluding hydrogens is 328 g/mol. The molecule has 1 aromatic heterocycles. The number of anilines is 1. The van der Waals surface area contributed by atoms with Crippen molar-refractivity contribution in [1.29, 1.82) is 0 Å². The molecule has 1 saturated carbocycles. The summed E-state index contributed by atoms with van der Waals surface area (Å²) in [7, 11) is 0. The molecule has 0 bridgehead atoms. The van der Waals surface area contributed by atoms with Crippen molar-refractivity contribution in [1.82, 2.24) is 0 Å². The minimum Gasteiger partial charge on any atom is -0.315 e. The Labute approximate surface area is 144 Å². The van der Waals surface area contributed by atoms with E-state index >= 15 is 0 Å². The second kappa shape index (κ2) is 5.18. The van der Waals surface area contributed by atoms with Gasteiger partial charge in [0.05, 0.1) is 5.71 Å². The highest BCUT2D eigenvalue weighted by molar-refractivity contribution is 7.17. The molecule has 3 nitrogen and oxygen atoms in total. The number of aryl methyl sites for hydroxylation is 1. The van der Waals surface area contributed by atoms with E-state index in [9.17, 15) is 4.79 Å². The molecule has 2 aliphatic rings. The van der Waals surface area contributed by atoms with E-state index in [1.165, 1.54) is 10.4 Å². The van der Waals surface area contributed by atoms with Crippen molar-refractivity contribution < 1.29 is 4.79 Å². The number of hydrogen-bond donors (Lipinski definition) is 1. The number of nitrogens with one attached hydrogen (secondary N) is 1. The van der Waals surface area contributed by atoms with Gasteiger partial charge in [-0.1, -0.05) is 23.7 Å². The van der Waals surface area contributed by atoms with Crippen LogP contribution in [-0.2, 0) is 4.79 Å². The van der Waals surface area contributed by atoms with Crippen LogP contribution >= 0.6 is 22.9 Å². The minimum absolute atomic E-state index is 0.0372. The second-order valence-electron chi connectivity index (χ2n) is 6.29. The normalized spacial score (nSPS) is 18.7. The fraction of sp³-hybridized carbons (Fsp3) is 0.333. The zero-order chi connectivity index (χ0) is 16.2. The van der Waals surface area contributed by atoms with Crippen LogP contribution in [0.15, 0.2) is 29.3 Å². The van der Waals surface area contributed by atoms with Gasteiger partial charge in [0.15, 0.2) is 0 Å². The first-order valence-electron chi connectivity index (χ1n) is 7.78. The molecule has 1 aromatic carbocycles. The van der Waals surface area contributed by atoms with E-state index in [0.717, 1.165) is 41.1 Å². The monoisotopic (exact) mass is 344 g/mol. The van der Waals surface area contributed by atoms with E-state index in [0.29, 0.717) is 5.02 Å². The third-order valence-electron chi connectivity index (χ3n) is 4.90. The molecule has 2 heterocycles. The number of amides is 1. The predicted molar refractivity (Wildman–Crippen MR) is 96.1 cm³/mol. The summed E-state index contributed by atoms with van der Waals surface area (Å²) in [6, 6.07) is 7.72. The van der Waals surface area contributed by atoms with Gasteiger partial charge in [-0.3, -0.25) is 9.79 Å². The molecule has 23 heavy (non-hydrogen) atoms. The van der Waals surface area contributed by atoms with E-state index < -0.39 is 5.54 Å². The zero-order valence-corrected chi connectivity index (χ0v) is 14.6. The van der Waals surface area contributed by atoms with Crippen LogP contribution in [0.25, 0.3) is 0 Å². The van der Waals surface area contributed by atoms with Gasteiger partial charge in [-0.2, -0.15) is 0 Å². The van der Waals surface area contributed by atoms with Crippen molar-refractivity contribution >= 4 is 39.6 Å². The van der Waals surface area contributed by atoms with E-state index in [2.05, 4.69) is 19.2 Å². The minimum atomic E-state index is -0.589. The van der Waals surface area contributed by atoms with Crippen molar-refractivity contribution in [3.05, 3.63) is 50.9 Å². The lowest BCUT2D eigenvalue weighted by Crippen LogP contribution is -2.46. The molecule has 0 atom stereocenters. The number of nitrogens with zero attached hydrogens (tertiary/aromatic N) is 1. The van der Waals surface area contributed by atoms with Gasteiger partial charge in [-0.15, -0.1) is 11.3 Å². The molecule has 0 radical (unpaired) electrons. The van der Waals surface area contributed by atoms with Gasteiger partial charge in [0.25, 0.3) is 5.91 Å². The smallest absolute Gasteiger partial charge is 0.252 e. The number of aliphatic imine (C=N–C) groups is 1. The number of hydrogen-bond acceptors (Lipinski definition) is 3. The summed E-state index contributed by atoms with van der Waals surface area (Å²) >= 11 is 7.66. The predicted octanol–water partition coefficient (Wildman–Crippen LogP) is 4.73. The van der Waals surface area contributed by atoms with Gasteiger partial charge in [0, 0.05) is 21.0 Å². The van der Waals surface area contributed by atoms with Crippen LogP contribution < -0.4 is 5.32 Å². The first-order chi connectivity index (χ1) is 11.0. The summed E-state index contributed by atoms with van der Waals surface area (Å²) in [5.41, 5.74) is 3.59. The largest absolute Gasteiger partial charge is 0.315 e. The Morgan fingerprint density at radius 3 is 2.52 bits per heavy atom. The van der Waals surface area contributed by atoms with Crippen molar-refractivity contribution in [2.45, 2.75) is 38.6 Å². The van der Waals surface area contributed by atoms with Crippen molar-refractivity contribution in [2.24, 2.45) is 4.99 Å². The Morgan fingerprint density at radius 1 is 1.22 bits per heavy atom. The summed E-state index contributed by atoms with van der Waals surface area (Å²) in [5, 5.41) is 4.75. The zero-order valence-electron chi connectivity index (χ0n) is 13.1. The standard InChI is InChI=1S/C18H17ClN2OS/c1-10-11(2)23-16-14(10)15(12-4-6-13(19)7-5-12)21-18(8-3-9-18)17(22)20-16/h4-7H,3,8-9H2,1-2H3,(H,20,22). The maximum absolute atomic E-state index is 12.7. The fourth-order valence-electron chi connectivity index (χ4n) is 3.21. The van der Waals surface area contributed by atoms with Gasteiger partial charge in [-0.05, 0) is 50.8 Å². The second-order valence-corrected chi connectivity index (χ2v) is 7.96. The van der Waals surface area contributed by atoms with Crippen LogP contribution in [0.2, 0.25) is 5.02 Å². The van der Waals surface area contributed by atoms with Crippen molar-refractivity contribution in [3.63, 3.8) is 0 Å². The quantitative estimate of drug-likeness (QED) is 0.798. The number of benzene rings is 1. The molecule has 1 aliphatic carbocycles. The van der Waals surface area contributed by atoms with Crippen LogP contribution in [-0.4, -0.2) is 17.2 Å². The SMILES string of the molecule is Cc1sc2c(c1C)C(c1ccc(Cl)cc1)=NC1(CCC1)C(=O)N2. The number of carbonyl (C=O) groups is 1. The third-order valence-corrected chi connectivity index (χ3v) is 6.27. The van der Waals surface area contributed by atoms with E-state index in [1.807, 2.05) is 24.3 Å². The Kier molecular flexibility index (Phi) is 3.36. The lowest BCUT2D eigenvalue weighted by atomic mass is 9.76. The average Bonchev–Trinajstić information content (AvgIpc) is 2.67. The Bertz CT molecular complexity index is 831. The molecule has 0 unspecified atom stereocenters.